The van der Waals surface area contributed by atoms with Gasteiger partial charge in [-0.1, -0.05) is 48.5 Å². The van der Waals surface area contributed by atoms with Gasteiger partial charge in [-0.2, -0.15) is 0 Å². The van der Waals surface area contributed by atoms with E-state index in [2.05, 4.69) is 22.8 Å². The summed E-state index contributed by atoms with van der Waals surface area (Å²) in [6.45, 7) is 1.55. The van der Waals surface area contributed by atoms with Gasteiger partial charge in [0.05, 0.1) is 0 Å². The van der Waals surface area contributed by atoms with Crippen LogP contribution >= 0.6 is 22.6 Å². The molecule has 33 heavy (non-hydrogen) atoms. The Hall–Kier alpha value is -3.40. The molecule has 0 saturated carbocycles. The predicted molar refractivity (Wildman–Crippen MR) is 132 cm³/mol. The topological polar surface area (TPSA) is 105 Å². The molecule has 8 heteroatoms. The van der Waals surface area contributed by atoms with Crippen LogP contribution in [-0.4, -0.2) is 35.7 Å². The zero-order chi connectivity index (χ0) is 23.5. The Labute approximate surface area is 204 Å². The van der Waals surface area contributed by atoms with E-state index in [9.17, 15) is 14.4 Å². The minimum Gasteiger partial charge on any atom is -0.480 e. The van der Waals surface area contributed by atoms with Gasteiger partial charge in [-0.05, 0) is 70.0 Å². The summed E-state index contributed by atoms with van der Waals surface area (Å²) in [6.07, 6.45) is -0.635. The minimum atomic E-state index is -1.13. The number of anilines is 1. The summed E-state index contributed by atoms with van der Waals surface area (Å²) in [5, 5.41) is 14.1. The molecule has 0 radical (unpaired) electrons. The monoisotopic (exact) mass is 556 g/mol. The fourth-order valence-electron chi connectivity index (χ4n) is 3.89. The Balaban J connectivity index is 1.44. The van der Waals surface area contributed by atoms with Crippen molar-refractivity contribution in [3.63, 3.8) is 0 Å². The van der Waals surface area contributed by atoms with Crippen LogP contribution in [0.1, 0.15) is 34.3 Å². The first-order valence-electron chi connectivity index (χ1n) is 10.3. The number of aliphatic carboxylic acids is 1. The van der Waals surface area contributed by atoms with Crippen molar-refractivity contribution in [1.29, 1.82) is 0 Å². The maximum Gasteiger partial charge on any atom is 0.411 e. The number of ether oxygens (including phenoxy) is 1. The van der Waals surface area contributed by atoms with Gasteiger partial charge in [-0.25, -0.2) is 4.79 Å². The fraction of sp³-hybridized carbons (Fsp3) is 0.160. The second kappa shape index (κ2) is 9.62. The van der Waals surface area contributed by atoms with Crippen LogP contribution in [0.3, 0.4) is 0 Å². The number of nitrogens with one attached hydrogen (secondary N) is 2. The molecule has 3 N–H and O–H groups in total. The van der Waals surface area contributed by atoms with Crippen molar-refractivity contribution in [2.75, 3.05) is 11.9 Å². The molecule has 0 aliphatic heterocycles. The second-order valence-electron chi connectivity index (χ2n) is 7.71. The lowest BCUT2D eigenvalue weighted by molar-refractivity contribution is -0.138. The molecular formula is C25H21IN2O5. The zero-order valence-electron chi connectivity index (χ0n) is 17.7. The number of rotatable bonds is 6. The van der Waals surface area contributed by atoms with Crippen LogP contribution in [0.5, 0.6) is 0 Å². The molecule has 7 nitrogen and oxygen atoms in total. The molecule has 0 spiro atoms. The van der Waals surface area contributed by atoms with Crippen molar-refractivity contribution in [3.05, 3.63) is 87.0 Å². The Kier molecular flexibility index (Phi) is 6.64. The van der Waals surface area contributed by atoms with Gasteiger partial charge in [0.25, 0.3) is 5.91 Å². The molecule has 1 aliphatic rings. The Morgan fingerprint density at radius 1 is 1.00 bits per heavy atom. The lowest BCUT2D eigenvalue weighted by atomic mass is 9.98. The summed E-state index contributed by atoms with van der Waals surface area (Å²) in [5.41, 5.74) is 5.15. The van der Waals surface area contributed by atoms with Crippen molar-refractivity contribution in [3.8, 4) is 11.1 Å². The van der Waals surface area contributed by atoms with E-state index in [1.54, 1.807) is 12.1 Å². The molecule has 2 amide bonds. The third-order valence-electron chi connectivity index (χ3n) is 5.47. The highest BCUT2D eigenvalue weighted by Gasteiger charge is 2.29. The smallest absolute Gasteiger partial charge is 0.411 e. The lowest BCUT2D eigenvalue weighted by Crippen LogP contribution is -2.38. The van der Waals surface area contributed by atoms with Gasteiger partial charge in [0.2, 0.25) is 0 Å². The number of carbonyl (C=O) groups is 3. The van der Waals surface area contributed by atoms with Crippen molar-refractivity contribution < 1.29 is 24.2 Å². The number of carbonyl (C=O) groups excluding carboxylic acids is 2. The number of carboxylic acids is 1. The Morgan fingerprint density at radius 3 is 2.21 bits per heavy atom. The van der Waals surface area contributed by atoms with Gasteiger partial charge >= 0.3 is 12.1 Å². The van der Waals surface area contributed by atoms with Crippen molar-refractivity contribution in [1.82, 2.24) is 5.32 Å². The Morgan fingerprint density at radius 2 is 1.61 bits per heavy atom. The van der Waals surface area contributed by atoms with Crippen LogP contribution in [0.2, 0.25) is 0 Å². The van der Waals surface area contributed by atoms with E-state index in [0.29, 0.717) is 9.26 Å². The molecular weight excluding hydrogens is 535 g/mol. The van der Waals surface area contributed by atoms with E-state index in [0.717, 1.165) is 22.3 Å². The molecule has 0 saturated heterocycles. The first-order chi connectivity index (χ1) is 15.8. The fourth-order valence-corrected chi connectivity index (χ4v) is 4.56. The first-order valence-corrected chi connectivity index (χ1v) is 11.4. The molecule has 1 aliphatic carbocycles. The quantitative estimate of drug-likeness (QED) is 0.377. The van der Waals surface area contributed by atoms with Crippen LogP contribution in [0.25, 0.3) is 11.1 Å². The number of carboxylic acid groups (broad SMARTS) is 1. The zero-order valence-corrected chi connectivity index (χ0v) is 19.8. The predicted octanol–water partition coefficient (Wildman–Crippen LogP) is 4.86. The highest BCUT2D eigenvalue weighted by Crippen LogP contribution is 2.44. The molecule has 1 atom stereocenters. The molecule has 168 valence electrons. The summed E-state index contributed by atoms with van der Waals surface area (Å²) < 4.78 is 6.25. The van der Waals surface area contributed by atoms with E-state index < -0.39 is 24.0 Å². The van der Waals surface area contributed by atoms with E-state index >= 15 is 0 Å². The molecule has 3 aromatic rings. The van der Waals surface area contributed by atoms with Crippen LogP contribution in [0.4, 0.5) is 10.5 Å². The molecule has 3 aromatic carbocycles. The van der Waals surface area contributed by atoms with E-state index in [1.165, 1.54) is 13.0 Å². The van der Waals surface area contributed by atoms with E-state index in [4.69, 9.17) is 9.84 Å². The molecule has 0 unspecified atom stereocenters. The number of amides is 2. The molecule has 0 bridgehead atoms. The van der Waals surface area contributed by atoms with Crippen molar-refractivity contribution in [2.45, 2.75) is 18.9 Å². The number of hydrogen-bond acceptors (Lipinski definition) is 4. The van der Waals surface area contributed by atoms with Crippen LogP contribution in [-0.2, 0) is 9.53 Å². The normalized spacial score (nSPS) is 12.9. The molecule has 0 aromatic heterocycles. The first kappa shape index (κ1) is 22.8. The summed E-state index contributed by atoms with van der Waals surface area (Å²) in [5.74, 6) is -1.73. The van der Waals surface area contributed by atoms with Gasteiger partial charge in [-0.3, -0.25) is 14.9 Å². The maximum atomic E-state index is 12.5. The van der Waals surface area contributed by atoms with Crippen LogP contribution < -0.4 is 10.6 Å². The number of benzene rings is 3. The number of fused-ring (bicyclic) bond motifs is 3. The summed E-state index contributed by atoms with van der Waals surface area (Å²) >= 11 is 2.02. The second-order valence-corrected chi connectivity index (χ2v) is 8.96. The third kappa shape index (κ3) is 5.00. The average molecular weight is 556 g/mol. The SMILES string of the molecule is C[C@@H](NC(=O)c1cc(I)cc(NC(=O)OCC2c3ccccc3-c3ccccc32)c1)C(=O)O. The standard InChI is InChI=1S/C25H21IN2O5/c1-14(24(30)31)27-23(29)15-10-16(26)12-17(11-15)28-25(32)33-13-22-20-8-4-2-6-18(20)19-7-3-5-9-21(19)22/h2-12,14,22H,13H2,1H3,(H,27,29)(H,28,32)(H,30,31)/t14-/m1/s1. The van der Waals surface area contributed by atoms with Gasteiger partial charge < -0.3 is 15.2 Å². The van der Waals surface area contributed by atoms with Crippen LogP contribution in [0.15, 0.2) is 66.7 Å². The maximum absolute atomic E-state index is 12.5. The van der Waals surface area contributed by atoms with Gasteiger partial charge in [0, 0.05) is 20.7 Å². The van der Waals surface area contributed by atoms with Crippen molar-refractivity contribution in [2.24, 2.45) is 0 Å². The number of halogens is 1. The molecule has 0 heterocycles. The summed E-state index contributed by atoms with van der Waals surface area (Å²) in [6, 6.07) is 19.9. The highest BCUT2D eigenvalue weighted by molar-refractivity contribution is 14.1. The van der Waals surface area contributed by atoms with E-state index in [-0.39, 0.29) is 18.1 Å². The lowest BCUT2D eigenvalue weighted by Gasteiger charge is -2.15. The summed E-state index contributed by atoms with van der Waals surface area (Å²) in [4.78, 5) is 35.9. The van der Waals surface area contributed by atoms with E-state index in [1.807, 2.05) is 59.0 Å². The van der Waals surface area contributed by atoms with Crippen LogP contribution in [0, 0.1) is 3.57 Å². The molecule has 4 rings (SSSR count). The highest BCUT2D eigenvalue weighted by atomic mass is 127. The molecule has 0 fully saturated rings. The van der Waals surface area contributed by atoms with Gasteiger partial charge in [-0.15, -0.1) is 0 Å². The average Bonchev–Trinajstić information content (AvgIpc) is 3.11. The van der Waals surface area contributed by atoms with Crippen molar-refractivity contribution >= 4 is 46.2 Å². The minimum absolute atomic E-state index is 0.0575. The van der Waals surface area contributed by atoms with Gasteiger partial charge in [0.1, 0.15) is 12.6 Å². The third-order valence-corrected chi connectivity index (χ3v) is 6.09. The van der Waals surface area contributed by atoms with Gasteiger partial charge in [0.15, 0.2) is 0 Å². The summed E-state index contributed by atoms with van der Waals surface area (Å²) in [7, 11) is 0. The Bertz CT molecular complexity index is 1200. The largest absolute Gasteiger partial charge is 0.480 e. The number of hydrogen-bond donors (Lipinski definition) is 3.